The van der Waals surface area contributed by atoms with Gasteiger partial charge in [-0.15, -0.1) is 0 Å². The lowest BCUT2D eigenvalue weighted by molar-refractivity contribution is -0.660. The summed E-state index contributed by atoms with van der Waals surface area (Å²) in [6.45, 7) is 15.5. The van der Waals surface area contributed by atoms with Crippen LogP contribution in [-0.2, 0) is 17.9 Å². The minimum Gasteiger partial charge on any atom is -0.454 e. The van der Waals surface area contributed by atoms with Gasteiger partial charge in [0, 0.05) is 28.5 Å². The van der Waals surface area contributed by atoms with Crippen LogP contribution in [-0.4, -0.2) is 0 Å². The monoisotopic (exact) mass is 511 g/mol. The van der Waals surface area contributed by atoms with Gasteiger partial charge in [-0.1, -0.05) is 70.7 Å². The average molecular weight is 512 g/mol. The third kappa shape index (κ3) is 3.73. The van der Waals surface area contributed by atoms with Crippen molar-refractivity contribution in [2.45, 2.75) is 58.3 Å². The number of pyridine rings is 1. The van der Waals surface area contributed by atoms with Crippen LogP contribution in [0.15, 0.2) is 71.8 Å². The molecule has 0 fully saturated rings. The number of furan rings is 1. The summed E-state index contributed by atoms with van der Waals surface area (Å²) < 4.78 is 8.96. The van der Waals surface area contributed by atoms with Crippen molar-refractivity contribution < 1.29 is 8.98 Å². The van der Waals surface area contributed by atoms with Crippen molar-refractivity contribution in [1.82, 2.24) is 0 Å². The molecule has 0 saturated heterocycles. The smallest absolute Gasteiger partial charge is 0.216 e. The molecule has 0 bridgehead atoms. The van der Waals surface area contributed by atoms with Crippen LogP contribution in [0.1, 0.15) is 68.4 Å². The average Bonchev–Trinajstić information content (AvgIpc) is 3.28. The van der Waals surface area contributed by atoms with Crippen LogP contribution >= 0.6 is 0 Å². The zero-order valence-electron chi connectivity index (χ0n) is 23.8. The molecule has 3 aromatic carbocycles. The van der Waals surface area contributed by atoms with Gasteiger partial charge in [-0.2, -0.15) is 5.26 Å². The Morgan fingerprint density at radius 3 is 2.31 bits per heavy atom. The van der Waals surface area contributed by atoms with Crippen molar-refractivity contribution in [2.24, 2.45) is 7.05 Å². The number of aryl methyl sites for hydroxylation is 2. The predicted molar refractivity (Wildman–Crippen MR) is 161 cm³/mol. The molecule has 0 saturated carbocycles. The topological polar surface area (TPSA) is 40.8 Å². The largest absolute Gasteiger partial charge is 0.454 e. The van der Waals surface area contributed by atoms with E-state index in [1.807, 2.05) is 6.07 Å². The number of fused-ring (bicyclic) bond motifs is 4. The second-order valence-electron chi connectivity index (χ2n) is 12.4. The molecule has 6 rings (SSSR count). The molecule has 1 aliphatic rings. The maximum atomic E-state index is 10.4. The Labute approximate surface area is 231 Å². The summed E-state index contributed by atoms with van der Waals surface area (Å²) in [7, 11) is 2.06. The molecule has 3 heteroatoms. The van der Waals surface area contributed by atoms with E-state index in [-0.39, 0.29) is 10.8 Å². The molecule has 5 aromatic rings. The van der Waals surface area contributed by atoms with Crippen LogP contribution in [0.2, 0.25) is 0 Å². The number of nitrogens with zero attached hydrogens (tertiary/aromatic N) is 2. The summed E-state index contributed by atoms with van der Waals surface area (Å²) in [5.74, 6) is 0. The normalized spacial score (nSPS) is 15.7. The van der Waals surface area contributed by atoms with Gasteiger partial charge in [-0.3, -0.25) is 0 Å². The molecular weight excluding hydrogens is 476 g/mol. The van der Waals surface area contributed by atoms with Crippen LogP contribution < -0.4 is 4.57 Å². The standard InChI is InChI=1S/C36H35N2O/c1-8-23-19-26-25-14-12-22(2)31(30-11-9-10-18-38(30)7)33(25)39-34(26)32(27(23)21-37)24-13-15-28-29(20-24)36(5,6)17-16-35(28,3)4/h8-15,18-20H,1,16-17H2,2-7H3/q+1. The minimum absolute atomic E-state index is 0.0586. The van der Waals surface area contributed by atoms with Crippen LogP contribution in [0.25, 0.3) is 50.4 Å². The van der Waals surface area contributed by atoms with Crippen molar-refractivity contribution in [1.29, 1.82) is 5.26 Å². The van der Waals surface area contributed by atoms with Gasteiger partial charge in [0.2, 0.25) is 5.69 Å². The van der Waals surface area contributed by atoms with Gasteiger partial charge in [-0.25, -0.2) is 4.57 Å². The van der Waals surface area contributed by atoms with Gasteiger partial charge in [-0.05, 0) is 70.5 Å². The Morgan fingerprint density at radius 2 is 1.62 bits per heavy atom. The Morgan fingerprint density at radius 1 is 0.897 bits per heavy atom. The molecule has 39 heavy (non-hydrogen) atoms. The third-order valence-corrected chi connectivity index (χ3v) is 8.95. The summed E-state index contributed by atoms with van der Waals surface area (Å²) in [6.07, 6.45) is 6.14. The Kier molecular flexibility index (Phi) is 5.59. The van der Waals surface area contributed by atoms with Crippen LogP contribution in [0.3, 0.4) is 0 Å². The molecule has 0 atom stereocenters. The fraction of sp³-hybridized carbons (Fsp3) is 0.278. The molecule has 0 amide bonds. The zero-order chi connectivity index (χ0) is 27.7. The summed E-state index contributed by atoms with van der Waals surface area (Å²) in [5.41, 5.74) is 11.2. The van der Waals surface area contributed by atoms with E-state index in [4.69, 9.17) is 4.42 Å². The van der Waals surface area contributed by atoms with E-state index < -0.39 is 0 Å². The molecule has 1 aliphatic carbocycles. The number of benzene rings is 3. The molecule has 0 aliphatic heterocycles. The van der Waals surface area contributed by atoms with Crippen molar-refractivity contribution >= 4 is 28.0 Å². The molecular formula is C36H35N2O+. The molecule has 3 nitrogen and oxygen atoms in total. The van der Waals surface area contributed by atoms with Crippen LogP contribution in [0.5, 0.6) is 0 Å². The molecule has 0 N–H and O–H groups in total. The maximum absolute atomic E-state index is 10.4. The Bertz CT molecular complexity index is 1860. The molecule has 0 unspecified atom stereocenters. The lowest BCUT2D eigenvalue weighted by Crippen LogP contribution is -2.33. The third-order valence-electron chi connectivity index (χ3n) is 8.95. The molecule has 0 spiro atoms. The Balaban J connectivity index is 1.74. The van der Waals surface area contributed by atoms with Crippen molar-refractivity contribution in [3.63, 3.8) is 0 Å². The molecule has 0 radical (unpaired) electrons. The lowest BCUT2D eigenvalue weighted by Gasteiger charge is -2.42. The van der Waals surface area contributed by atoms with E-state index in [2.05, 4.69) is 114 Å². The van der Waals surface area contributed by atoms with E-state index in [1.165, 1.54) is 11.1 Å². The highest BCUT2D eigenvalue weighted by molar-refractivity contribution is 6.15. The number of nitriles is 1. The van der Waals surface area contributed by atoms with Crippen molar-refractivity contribution in [2.75, 3.05) is 0 Å². The van der Waals surface area contributed by atoms with E-state index >= 15 is 0 Å². The summed E-state index contributed by atoms with van der Waals surface area (Å²) in [4.78, 5) is 0. The van der Waals surface area contributed by atoms with E-state index in [0.29, 0.717) is 5.56 Å². The first kappa shape index (κ1) is 25.1. The van der Waals surface area contributed by atoms with E-state index in [0.717, 1.165) is 68.3 Å². The Hall–Kier alpha value is -4.16. The zero-order valence-corrected chi connectivity index (χ0v) is 23.8. The van der Waals surface area contributed by atoms with Crippen LogP contribution in [0.4, 0.5) is 0 Å². The SMILES string of the molecule is C=Cc1cc2c(oc3c(-c4cccc[n+]4C)c(C)ccc32)c(-c2ccc3c(c2)C(C)(C)CCC3(C)C)c1C#N. The fourth-order valence-electron chi connectivity index (χ4n) is 6.50. The van der Waals surface area contributed by atoms with Gasteiger partial charge in [0.05, 0.1) is 11.1 Å². The van der Waals surface area contributed by atoms with Gasteiger partial charge < -0.3 is 4.42 Å². The first-order valence-electron chi connectivity index (χ1n) is 13.7. The highest BCUT2D eigenvalue weighted by Crippen LogP contribution is 2.49. The molecule has 2 heterocycles. The number of aromatic nitrogens is 1. The van der Waals surface area contributed by atoms with Gasteiger partial charge >= 0.3 is 0 Å². The summed E-state index contributed by atoms with van der Waals surface area (Å²) in [5, 5.41) is 12.5. The van der Waals surface area contributed by atoms with Crippen molar-refractivity contribution in [3.8, 4) is 28.5 Å². The maximum Gasteiger partial charge on any atom is 0.216 e. The van der Waals surface area contributed by atoms with Crippen LogP contribution in [0, 0.1) is 18.3 Å². The molecule has 2 aromatic heterocycles. The van der Waals surface area contributed by atoms with Crippen molar-refractivity contribution in [3.05, 3.63) is 95.2 Å². The predicted octanol–water partition coefficient (Wildman–Crippen LogP) is 8.92. The van der Waals surface area contributed by atoms with E-state index in [9.17, 15) is 5.26 Å². The highest BCUT2D eigenvalue weighted by Gasteiger charge is 2.37. The second-order valence-corrected chi connectivity index (χ2v) is 12.4. The highest BCUT2D eigenvalue weighted by atomic mass is 16.3. The number of hydrogen-bond donors (Lipinski definition) is 0. The lowest BCUT2D eigenvalue weighted by atomic mass is 9.63. The first-order chi connectivity index (χ1) is 18.6. The van der Waals surface area contributed by atoms with Gasteiger partial charge in [0.25, 0.3) is 0 Å². The first-order valence-corrected chi connectivity index (χ1v) is 13.7. The summed E-state index contributed by atoms with van der Waals surface area (Å²) in [6, 6.07) is 21.9. The quantitative estimate of drug-likeness (QED) is 0.227. The van der Waals surface area contributed by atoms with E-state index in [1.54, 1.807) is 6.08 Å². The second kappa shape index (κ2) is 8.68. The summed E-state index contributed by atoms with van der Waals surface area (Å²) >= 11 is 0. The van der Waals surface area contributed by atoms with Gasteiger partial charge in [0.1, 0.15) is 24.3 Å². The minimum atomic E-state index is 0.0586. The number of rotatable bonds is 3. The number of hydrogen-bond acceptors (Lipinski definition) is 2. The molecule has 194 valence electrons. The fourth-order valence-corrected chi connectivity index (χ4v) is 6.50. The van der Waals surface area contributed by atoms with Gasteiger partial charge in [0.15, 0.2) is 6.20 Å².